The summed E-state index contributed by atoms with van der Waals surface area (Å²) in [7, 11) is 0. The number of para-hydroxylation sites is 1. The first-order valence-corrected chi connectivity index (χ1v) is 6.28. The van der Waals surface area contributed by atoms with Gasteiger partial charge >= 0.3 is 0 Å². The van der Waals surface area contributed by atoms with E-state index in [0.29, 0.717) is 29.1 Å². The Morgan fingerprint density at radius 3 is 2.83 bits per heavy atom. The second-order valence-corrected chi connectivity index (χ2v) is 4.67. The molecule has 1 aromatic carbocycles. The average Bonchev–Trinajstić information content (AvgIpc) is 2.31. The van der Waals surface area contributed by atoms with Crippen molar-refractivity contribution in [3.8, 4) is 5.75 Å². The fourth-order valence-electron chi connectivity index (χ4n) is 1.56. The Morgan fingerprint density at radius 2 is 2.17 bits per heavy atom. The van der Waals surface area contributed by atoms with E-state index < -0.39 is 0 Å². The van der Waals surface area contributed by atoms with Crippen LogP contribution in [0.1, 0.15) is 35.2 Å². The number of carbonyl (C=O) groups is 1. The molecule has 0 bridgehead atoms. The van der Waals surface area contributed by atoms with Gasteiger partial charge in [0.15, 0.2) is 0 Å². The van der Waals surface area contributed by atoms with Crippen LogP contribution in [0.3, 0.4) is 0 Å². The predicted octanol–water partition coefficient (Wildman–Crippen LogP) is 1.89. The molecule has 0 heterocycles. The van der Waals surface area contributed by atoms with E-state index in [9.17, 15) is 9.90 Å². The molecule has 0 saturated heterocycles. The minimum absolute atomic E-state index is 0.0399. The SMILES string of the molecule is Cc1cccc(C(=O)NCCCCC(N)=S)c1O. The second kappa shape index (κ2) is 6.96. The number of thiocarbonyl (C=S) groups is 1. The number of carbonyl (C=O) groups excluding carboxylic acids is 1. The molecule has 0 saturated carbocycles. The van der Waals surface area contributed by atoms with E-state index >= 15 is 0 Å². The van der Waals surface area contributed by atoms with Crippen molar-refractivity contribution in [2.45, 2.75) is 26.2 Å². The molecular formula is C13H18N2O2S. The van der Waals surface area contributed by atoms with Crippen LogP contribution in [-0.2, 0) is 0 Å². The Balaban J connectivity index is 2.41. The minimum atomic E-state index is -0.258. The molecule has 1 rings (SSSR count). The molecule has 0 radical (unpaired) electrons. The fraction of sp³-hybridized carbons (Fsp3) is 0.385. The van der Waals surface area contributed by atoms with Gasteiger partial charge in [0, 0.05) is 6.54 Å². The molecule has 0 unspecified atom stereocenters. The molecule has 0 spiro atoms. The van der Waals surface area contributed by atoms with Gasteiger partial charge in [0.2, 0.25) is 0 Å². The van der Waals surface area contributed by atoms with E-state index in [-0.39, 0.29) is 11.7 Å². The number of nitrogens with one attached hydrogen (secondary N) is 1. The average molecular weight is 266 g/mol. The summed E-state index contributed by atoms with van der Waals surface area (Å²) in [5.41, 5.74) is 6.37. The van der Waals surface area contributed by atoms with Gasteiger partial charge in [-0.25, -0.2) is 0 Å². The highest BCUT2D eigenvalue weighted by atomic mass is 32.1. The Labute approximate surface area is 112 Å². The molecule has 18 heavy (non-hydrogen) atoms. The van der Waals surface area contributed by atoms with Crippen LogP contribution in [0.5, 0.6) is 5.75 Å². The number of phenolic OH excluding ortho intramolecular Hbond substituents is 1. The number of amides is 1. The van der Waals surface area contributed by atoms with E-state index in [1.54, 1.807) is 25.1 Å². The zero-order chi connectivity index (χ0) is 13.5. The summed E-state index contributed by atoms with van der Waals surface area (Å²) in [5.74, 6) is -0.218. The van der Waals surface area contributed by atoms with Crippen LogP contribution in [0.2, 0.25) is 0 Å². The van der Waals surface area contributed by atoms with Crippen molar-refractivity contribution in [2.75, 3.05) is 6.54 Å². The molecule has 0 fully saturated rings. The van der Waals surface area contributed by atoms with Crippen LogP contribution in [-0.4, -0.2) is 22.5 Å². The second-order valence-electron chi connectivity index (χ2n) is 4.15. The van der Waals surface area contributed by atoms with E-state index in [1.165, 1.54) is 0 Å². The quantitative estimate of drug-likeness (QED) is 0.543. The first-order chi connectivity index (χ1) is 8.52. The fourth-order valence-corrected chi connectivity index (χ4v) is 1.71. The van der Waals surface area contributed by atoms with Crippen molar-refractivity contribution in [1.29, 1.82) is 0 Å². The third-order valence-electron chi connectivity index (χ3n) is 2.62. The van der Waals surface area contributed by atoms with Crippen LogP contribution in [0.4, 0.5) is 0 Å². The predicted molar refractivity (Wildman–Crippen MR) is 75.8 cm³/mol. The Bertz CT molecular complexity index is 447. The van der Waals surface area contributed by atoms with Gasteiger partial charge in [0.1, 0.15) is 5.75 Å². The third kappa shape index (κ3) is 4.33. The number of unbranched alkanes of at least 4 members (excludes halogenated alkanes) is 1. The van der Waals surface area contributed by atoms with Crippen LogP contribution in [0.15, 0.2) is 18.2 Å². The molecule has 0 aliphatic heterocycles. The number of hydrogen-bond donors (Lipinski definition) is 3. The molecule has 98 valence electrons. The number of phenols is 1. The highest BCUT2D eigenvalue weighted by Crippen LogP contribution is 2.20. The summed E-state index contributed by atoms with van der Waals surface area (Å²) in [5, 5.41) is 12.5. The van der Waals surface area contributed by atoms with Gasteiger partial charge in [-0.05, 0) is 37.8 Å². The standard InChI is InChI=1S/C13H18N2O2S/c1-9-5-4-6-10(12(9)16)13(17)15-8-3-2-7-11(14)18/h4-6,16H,2-3,7-8H2,1H3,(H2,14,18)(H,15,17). The molecule has 4 N–H and O–H groups in total. The lowest BCUT2D eigenvalue weighted by molar-refractivity contribution is 0.0950. The zero-order valence-electron chi connectivity index (χ0n) is 10.4. The maximum Gasteiger partial charge on any atom is 0.255 e. The number of hydrogen-bond acceptors (Lipinski definition) is 3. The number of nitrogens with two attached hydrogens (primary N) is 1. The molecule has 0 aliphatic rings. The van der Waals surface area contributed by atoms with Crippen LogP contribution in [0, 0.1) is 6.92 Å². The van der Waals surface area contributed by atoms with Gasteiger partial charge in [-0.2, -0.15) is 0 Å². The number of rotatable bonds is 6. The lowest BCUT2D eigenvalue weighted by Gasteiger charge is -2.08. The van der Waals surface area contributed by atoms with Crippen molar-refractivity contribution in [1.82, 2.24) is 5.32 Å². The normalized spacial score (nSPS) is 10.1. The summed E-state index contributed by atoms with van der Waals surface area (Å²) in [6.07, 6.45) is 2.37. The van der Waals surface area contributed by atoms with E-state index in [2.05, 4.69) is 5.32 Å². The summed E-state index contributed by atoms with van der Waals surface area (Å²) < 4.78 is 0. The van der Waals surface area contributed by atoms with Gasteiger partial charge in [0.25, 0.3) is 5.91 Å². The third-order valence-corrected chi connectivity index (χ3v) is 2.82. The Kier molecular flexibility index (Phi) is 5.58. The van der Waals surface area contributed by atoms with Crippen molar-refractivity contribution in [2.24, 2.45) is 5.73 Å². The Hall–Kier alpha value is -1.62. The van der Waals surface area contributed by atoms with Crippen LogP contribution < -0.4 is 11.1 Å². The smallest absolute Gasteiger partial charge is 0.255 e. The number of aromatic hydroxyl groups is 1. The maximum atomic E-state index is 11.8. The first kappa shape index (κ1) is 14.4. The van der Waals surface area contributed by atoms with Crippen LogP contribution in [0.25, 0.3) is 0 Å². The van der Waals surface area contributed by atoms with Gasteiger partial charge < -0.3 is 16.2 Å². The van der Waals surface area contributed by atoms with Gasteiger partial charge in [-0.3, -0.25) is 4.79 Å². The summed E-state index contributed by atoms with van der Waals surface area (Å²) >= 11 is 4.76. The Morgan fingerprint density at radius 1 is 1.44 bits per heavy atom. The molecule has 0 atom stereocenters. The number of aryl methyl sites for hydroxylation is 1. The largest absolute Gasteiger partial charge is 0.507 e. The van der Waals surface area contributed by atoms with Gasteiger partial charge in [0.05, 0.1) is 10.6 Å². The van der Waals surface area contributed by atoms with E-state index in [4.69, 9.17) is 18.0 Å². The highest BCUT2D eigenvalue weighted by molar-refractivity contribution is 7.80. The minimum Gasteiger partial charge on any atom is -0.507 e. The highest BCUT2D eigenvalue weighted by Gasteiger charge is 2.11. The van der Waals surface area contributed by atoms with Crippen molar-refractivity contribution >= 4 is 23.1 Å². The summed E-state index contributed by atoms with van der Waals surface area (Å²) in [6, 6.07) is 5.11. The first-order valence-electron chi connectivity index (χ1n) is 5.87. The molecular weight excluding hydrogens is 248 g/mol. The van der Waals surface area contributed by atoms with Crippen LogP contribution >= 0.6 is 12.2 Å². The maximum absolute atomic E-state index is 11.8. The van der Waals surface area contributed by atoms with Gasteiger partial charge in [-0.15, -0.1) is 0 Å². The van der Waals surface area contributed by atoms with Crippen molar-refractivity contribution in [3.05, 3.63) is 29.3 Å². The molecule has 5 heteroatoms. The van der Waals surface area contributed by atoms with Gasteiger partial charge in [-0.1, -0.05) is 24.4 Å². The lowest BCUT2D eigenvalue weighted by atomic mass is 10.1. The molecule has 1 aromatic rings. The molecule has 0 aliphatic carbocycles. The monoisotopic (exact) mass is 266 g/mol. The van der Waals surface area contributed by atoms with E-state index in [1.807, 2.05) is 0 Å². The summed E-state index contributed by atoms with van der Waals surface area (Å²) in [6.45, 7) is 2.31. The van der Waals surface area contributed by atoms with E-state index in [0.717, 1.165) is 12.8 Å². The van der Waals surface area contributed by atoms with Crippen molar-refractivity contribution < 1.29 is 9.90 Å². The topological polar surface area (TPSA) is 75.4 Å². The zero-order valence-corrected chi connectivity index (χ0v) is 11.2. The lowest BCUT2D eigenvalue weighted by Crippen LogP contribution is -2.24. The summed E-state index contributed by atoms with van der Waals surface area (Å²) in [4.78, 5) is 12.3. The molecule has 0 aromatic heterocycles. The molecule has 4 nitrogen and oxygen atoms in total. The van der Waals surface area contributed by atoms with Crippen molar-refractivity contribution in [3.63, 3.8) is 0 Å². The molecule has 1 amide bonds. The number of benzene rings is 1.